The maximum absolute atomic E-state index is 11.7. The molecule has 1 aliphatic rings. The van der Waals surface area contributed by atoms with Crippen LogP contribution in [0.15, 0.2) is 23.7 Å². The first kappa shape index (κ1) is 15.4. The number of aromatic nitrogens is 2. The molecular formula is C13H23N5O2S. The van der Waals surface area contributed by atoms with Gasteiger partial charge in [0, 0.05) is 28.2 Å². The molecule has 2 rings (SSSR count). The standard InChI is InChI=1S/C13H19N5O2S.2H2/c1-3-11(19)18-6-4-5-9(8-18)16-12-10(21(2)20)7-15-13(14)17-12;;/h3,7,9H,1,4-6,8H2,2H3,(H3,14,15,16,17);2*1H/t9-,21?;;/m1../s1. The number of nitrogens with zero attached hydrogens (tertiary/aromatic N) is 3. The minimum atomic E-state index is -1.21. The number of amides is 1. The highest BCUT2D eigenvalue weighted by atomic mass is 32.2. The fourth-order valence-corrected chi connectivity index (χ4v) is 2.89. The average molecular weight is 313 g/mol. The van der Waals surface area contributed by atoms with E-state index in [0.29, 0.717) is 17.3 Å². The second kappa shape index (κ2) is 6.66. The largest absolute Gasteiger partial charge is 0.368 e. The van der Waals surface area contributed by atoms with E-state index in [1.54, 1.807) is 11.2 Å². The van der Waals surface area contributed by atoms with Crippen LogP contribution in [0.25, 0.3) is 0 Å². The van der Waals surface area contributed by atoms with Gasteiger partial charge >= 0.3 is 0 Å². The zero-order valence-corrected chi connectivity index (χ0v) is 12.7. The number of likely N-dealkylation sites (tertiary alicyclic amines) is 1. The molecule has 1 aromatic rings. The second-order valence-electron chi connectivity index (χ2n) is 4.87. The molecule has 1 aliphatic heterocycles. The molecule has 0 saturated carbocycles. The number of hydrogen-bond donors (Lipinski definition) is 2. The summed E-state index contributed by atoms with van der Waals surface area (Å²) < 4.78 is 11.7. The normalized spacial score (nSPS) is 19.9. The van der Waals surface area contributed by atoms with E-state index >= 15 is 0 Å². The summed E-state index contributed by atoms with van der Waals surface area (Å²) in [7, 11) is -1.21. The average Bonchev–Trinajstić information content (AvgIpc) is 2.46. The third-order valence-corrected chi connectivity index (χ3v) is 4.25. The van der Waals surface area contributed by atoms with Crippen LogP contribution in [0, 0.1) is 0 Å². The molecule has 1 saturated heterocycles. The van der Waals surface area contributed by atoms with E-state index in [4.69, 9.17) is 5.73 Å². The van der Waals surface area contributed by atoms with Crippen LogP contribution in [0.1, 0.15) is 15.7 Å². The van der Waals surface area contributed by atoms with Gasteiger partial charge in [-0.15, -0.1) is 0 Å². The Kier molecular flexibility index (Phi) is 4.89. The highest BCUT2D eigenvalue weighted by Gasteiger charge is 2.23. The van der Waals surface area contributed by atoms with E-state index in [1.807, 2.05) is 0 Å². The highest BCUT2D eigenvalue weighted by molar-refractivity contribution is 7.84. The molecule has 0 aromatic carbocycles. The molecule has 8 heteroatoms. The van der Waals surface area contributed by atoms with Crippen LogP contribution in [0.5, 0.6) is 0 Å². The lowest BCUT2D eigenvalue weighted by atomic mass is 10.1. The Morgan fingerprint density at radius 2 is 2.48 bits per heavy atom. The van der Waals surface area contributed by atoms with Gasteiger partial charge in [0.05, 0.1) is 21.9 Å². The number of carbonyl (C=O) groups excluding carboxylic acids is 1. The Labute approximate surface area is 129 Å². The molecule has 0 radical (unpaired) electrons. The first-order valence-electron chi connectivity index (χ1n) is 6.65. The number of nitrogens with one attached hydrogen (secondary N) is 1. The molecule has 1 unspecified atom stereocenters. The summed E-state index contributed by atoms with van der Waals surface area (Å²) in [6.45, 7) is 4.79. The van der Waals surface area contributed by atoms with Crippen LogP contribution in [0.3, 0.4) is 0 Å². The fourth-order valence-electron chi connectivity index (χ4n) is 2.32. The van der Waals surface area contributed by atoms with Crippen LogP contribution in [-0.4, -0.2) is 50.4 Å². The fraction of sp³-hybridized carbons (Fsp3) is 0.462. The molecule has 1 amide bonds. The SMILES string of the molecule is C=CC(=O)N1CCC[C@@H](Nc2nc(N)ncc2S(C)=O)C1.[HH].[HH]. The topological polar surface area (TPSA) is 101 Å². The summed E-state index contributed by atoms with van der Waals surface area (Å²) in [4.78, 5) is 21.9. The lowest BCUT2D eigenvalue weighted by Gasteiger charge is -2.33. The van der Waals surface area contributed by atoms with Crippen molar-refractivity contribution in [2.45, 2.75) is 23.8 Å². The van der Waals surface area contributed by atoms with E-state index in [2.05, 4.69) is 21.9 Å². The first-order chi connectivity index (χ1) is 10.0. The van der Waals surface area contributed by atoms with Crippen molar-refractivity contribution in [1.29, 1.82) is 0 Å². The predicted molar refractivity (Wildman–Crippen MR) is 86.4 cm³/mol. The van der Waals surface area contributed by atoms with Crippen LogP contribution >= 0.6 is 0 Å². The second-order valence-corrected chi connectivity index (χ2v) is 6.22. The van der Waals surface area contributed by atoms with Gasteiger partial charge in [0.25, 0.3) is 0 Å². The van der Waals surface area contributed by atoms with E-state index < -0.39 is 10.8 Å². The number of hydrogen-bond acceptors (Lipinski definition) is 6. The zero-order chi connectivity index (χ0) is 15.4. The van der Waals surface area contributed by atoms with Gasteiger partial charge in [0.1, 0.15) is 5.82 Å². The number of anilines is 2. The quantitative estimate of drug-likeness (QED) is 0.800. The van der Waals surface area contributed by atoms with Gasteiger partial charge in [-0.1, -0.05) is 6.58 Å². The van der Waals surface area contributed by atoms with E-state index in [-0.39, 0.29) is 20.8 Å². The summed E-state index contributed by atoms with van der Waals surface area (Å²) in [6, 6.07) is 0.0410. The lowest BCUT2D eigenvalue weighted by molar-refractivity contribution is -0.127. The third-order valence-electron chi connectivity index (χ3n) is 3.33. The highest BCUT2D eigenvalue weighted by Crippen LogP contribution is 2.20. The maximum atomic E-state index is 11.7. The van der Waals surface area contributed by atoms with Crippen molar-refractivity contribution in [2.75, 3.05) is 30.4 Å². The van der Waals surface area contributed by atoms with E-state index in [9.17, 15) is 9.00 Å². The van der Waals surface area contributed by atoms with E-state index in [1.165, 1.54) is 12.3 Å². The first-order valence-corrected chi connectivity index (χ1v) is 8.21. The number of nitrogen functional groups attached to an aromatic ring is 1. The number of nitrogens with two attached hydrogens (primary N) is 1. The Morgan fingerprint density at radius 3 is 3.14 bits per heavy atom. The molecule has 0 aliphatic carbocycles. The minimum absolute atomic E-state index is 0. The van der Waals surface area contributed by atoms with Crippen molar-refractivity contribution in [2.24, 2.45) is 0 Å². The molecule has 0 bridgehead atoms. The van der Waals surface area contributed by atoms with Gasteiger partial charge in [-0.05, 0) is 18.9 Å². The molecule has 0 spiro atoms. The van der Waals surface area contributed by atoms with Crippen molar-refractivity contribution < 1.29 is 11.9 Å². The van der Waals surface area contributed by atoms with Gasteiger partial charge in [0.15, 0.2) is 0 Å². The van der Waals surface area contributed by atoms with Crippen molar-refractivity contribution in [3.8, 4) is 0 Å². The van der Waals surface area contributed by atoms with Gasteiger partial charge in [-0.3, -0.25) is 9.00 Å². The Bertz CT molecular complexity index is 587. The molecule has 3 N–H and O–H groups in total. The summed E-state index contributed by atoms with van der Waals surface area (Å²) in [5.74, 6) is 0.519. The van der Waals surface area contributed by atoms with Crippen molar-refractivity contribution in [3.63, 3.8) is 0 Å². The zero-order valence-electron chi connectivity index (χ0n) is 11.9. The molecule has 1 aromatic heterocycles. The van der Waals surface area contributed by atoms with Crippen LogP contribution in [-0.2, 0) is 15.6 Å². The van der Waals surface area contributed by atoms with Gasteiger partial charge in [-0.2, -0.15) is 4.98 Å². The Hall–Kier alpha value is -1.96. The molecule has 118 valence electrons. The Balaban J connectivity index is 0.00000242. The van der Waals surface area contributed by atoms with E-state index in [0.717, 1.165) is 19.4 Å². The van der Waals surface area contributed by atoms with Gasteiger partial charge < -0.3 is 16.0 Å². The summed E-state index contributed by atoms with van der Waals surface area (Å²) in [5.41, 5.74) is 5.59. The molecule has 2 atom stereocenters. The van der Waals surface area contributed by atoms with Crippen molar-refractivity contribution in [3.05, 3.63) is 18.9 Å². The lowest BCUT2D eigenvalue weighted by Crippen LogP contribution is -2.44. The van der Waals surface area contributed by atoms with Crippen molar-refractivity contribution in [1.82, 2.24) is 14.9 Å². The number of piperidine rings is 1. The smallest absolute Gasteiger partial charge is 0.246 e. The maximum Gasteiger partial charge on any atom is 0.246 e. The Morgan fingerprint density at radius 1 is 1.71 bits per heavy atom. The summed E-state index contributed by atoms with van der Waals surface area (Å²) in [6.07, 6.45) is 6.14. The summed E-state index contributed by atoms with van der Waals surface area (Å²) >= 11 is 0. The van der Waals surface area contributed by atoms with Gasteiger partial charge in [-0.25, -0.2) is 4.98 Å². The monoisotopic (exact) mass is 313 g/mol. The predicted octanol–water partition coefficient (Wildman–Crippen LogP) is 0.877. The van der Waals surface area contributed by atoms with Crippen molar-refractivity contribution >= 4 is 28.5 Å². The van der Waals surface area contributed by atoms with Gasteiger partial charge in [0.2, 0.25) is 11.9 Å². The molecule has 7 nitrogen and oxygen atoms in total. The van der Waals surface area contributed by atoms with Crippen LogP contribution in [0.2, 0.25) is 0 Å². The molecule has 1 fully saturated rings. The third kappa shape index (κ3) is 3.78. The number of carbonyl (C=O) groups is 1. The minimum Gasteiger partial charge on any atom is -0.368 e. The number of rotatable bonds is 4. The van der Waals surface area contributed by atoms with Crippen LogP contribution in [0.4, 0.5) is 11.8 Å². The molecular weight excluding hydrogens is 290 g/mol. The molecule has 21 heavy (non-hydrogen) atoms. The molecule has 2 heterocycles. The summed E-state index contributed by atoms with van der Waals surface area (Å²) in [5, 5.41) is 3.23. The van der Waals surface area contributed by atoms with Crippen LogP contribution < -0.4 is 11.1 Å².